The molecule has 190 valence electrons. The number of aliphatic hydroxyl groups excluding tert-OH is 3. The van der Waals surface area contributed by atoms with Gasteiger partial charge in [0.05, 0.1) is 6.61 Å². The van der Waals surface area contributed by atoms with Gasteiger partial charge in [0.25, 0.3) is 0 Å². The van der Waals surface area contributed by atoms with E-state index in [-0.39, 0.29) is 6.61 Å². The maximum Gasteiger partial charge on any atom is 0.186 e. The van der Waals surface area contributed by atoms with E-state index in [9.17, 15) is 10.2 Å². The summed E-state index contributed by atoms with van der Waals surface area (Å²) in [5, 5.41) is 28.6. The number of unbranched alkanes of at least 4 members (excludes halogenated alkanes) is 16. The number of ether oxygens (including phenoxy) is 2. The zero-order valence-corrected chi connectivity index (χ0v) is 20.8. The fourth-order valence-electron chi connectivity index (χ4n) is 4.26. The van der Waals surface area contributed by atoms with Gasteiger partial charge in [0.15, 0.2) is 6.29 Å². The van der Waals surface area contributed by atoms with Crippen molar-refractivity contribution < 1.29 is 24.8 Å². The molecule has 32 heavy (non-hydrogen) atoms. The Morgan fingerprint density at radius 2 is 1.12 bits per heavy atom. The van der Waals surface area contributed by atoms with Crippen LogP contribution in [-0.2, 0) is 9.47 Å². The van der Waals surface area contributed by atoms with Gasteiger partial charge in [-0.3, -0.25) is 0 Å². The third-order valence-electron chi connectivity index (χ3n) is 6.44. The van der Waals surface area contributed by atoms with E-state index in [1.807, 2.05) is 0 Å². The lowest BCUT2D eigenvalue weighted by Crippen LogP contribution is -2.34. The van der Waals surface area contributed by atoms with E-state index in [0.717, 1.165) is 12.8 Å². The van der Waals surface area contributed by atoms with Gasteiger partial charge in [-0.15, -0.1) is 0 Å². The molecule has 1 aliphatic heterocycles. The Hall–Kier alpha value is -0.460. The zero-order valence-electron chi connectivity index (χ0n) is 20.8. The van der Waals surface area contributed by atoms with Crippen molar-refractivity contribution in [3.63, 3.8) is 0 Å². The van der Waals surface area contributed by atoms with E-state index < -0.39 is 24.6 Å². The summed E-state index contributed by atoms with van der Waals surface area (Å²) in [5.41, 5.74) is 0. The summed E-state index contributed by atoms with van der Waals surface area (Å²) in [6.45, 7) is 2.48. The molecule has 0 radical (unpaired) electrons. The van der Waals surface area contributed by atoms with E-state index in [1.165, 1.54) is 103 Å². The van der Waals surface area contributed by atoms with Gasteiger partial charge in [-0.05, 0) is 32.1 Å². The topological polar surface area (TPSA) is 79.2 Å². The highest BCUT2D eigenvalue weighted by molar-refractivity contribution is 4.86. The van der Waals surface area contributed by atoms with Crippen LogP contribution in [-0.4, -0.2) is 53.1 Å². The standard InChI is InChI=1S/C27H52O5/c1-2-3-4-5-6-7-8-9-10-11-12-13-14-15-16-17-18-19-20-21-22-31-27-26(30)25(29)24(23-28)32-27/h9-10,24-30H,2-8,11-23H2,1H3/t24-,25+,26-,27?/m1/s1. The Morgan fingerprint density at radius 1 is 0.656 bits per heavy atom. The predicted molar refractivity (Wildman–Crippen MR) is 132 cm³/mol. The lowest BCUT2D eigenvalue weighted by Gasteiger charge is -2.15. The second-order valence-corrected chi connectivity index (χ2v) is 9.43. The third kappa shape index (κ3) is 14.6. The van der Waals surface area contributed by atoms with Crippen LogP contribution in [0.3, 0.4) is 0 Å². The van der Waals surface area contributed by atoms with Crippen molar-refractivity contribution in [2.75, 3.05) is 13.2 Å². The van der Waals surface area contributed by atoms with Crippen molar-refractivity contribution in [2.24, 2.45) is 0 Å². The van der Waals surface area contributed by atoms with Crippen molar-refractivity contribution in [2.45, 2.75) is 147 Å². The van der Waals surface area contributed by atoms with Crippen LogP contribution in [0, 0.1) is 0 Å². The fraction of sp³-hybridized carbons (Fsp3) is 0.926. The molecule has 1 aliphatic rings. The van der Waals surface area contributed by atoms with E-state index in [1.54, 1.807) is 0 Å². The second-order valence-electron chi connectivity index (χ2n) is 9.43. The van der Waals surface area contributed by atoms with Crippen LogP contribution in [0.2, 0.25) is 0 Å². The smallest absolute Gasteiger partial charge is 0.186 e. The minimum absolute atomic E-state index is 0.311. The van der Waals surface area contributed by atoms with Crippen molar-refractivity contribution >= 4 is 0 Å². The van der Waals surface area contributed by atoms with E-state index in [4.69, 9.17) is 14.6 Å². The summed E-state index contributed by atoms with van der Waals surface area (Å²) in [6.07, 6.45) is 24.5. The number of hydrogen-bond donors (Lipinski definition) is 3. The number of aliphatic hydroxyl groups is 3. The van der Waals surface area contributed by atoms with Crippen LogP contribution in [0.4, 0.5) is 0 Å². The van der Waals surface area contributed by atoms with Gasteiger partial charge in [-0.1, -0.05) is 103 Å². The second kappa shape index (κ2) is 21.1. The minimum atomic E-state index is -1.08. The summed E-state index contributed by atoms with van der Waals surface area (Å²) in [4.78, 5) is 0. The average molecular weight is 457 g/mol. The van der Waals surface area contributed by atoms with Gasteiger partial charge in [0.1, 0.15) is 18.3 Å². The highest BCUT2D eigenvalue weighted by Gasteiger charge is 2.42. The first-order chi connectivity index (χ1) is 15.7. The minimum Gasteiger partial charge on any atom is -0.394 e. The molecule has 1 rings (SSSR count). The molecular weight excluding hydrogens is 404 g/mol. The highest BCUT2D eigenvalue weighted by atomic mass is 16.7. The summed E-state index contributed by atoms with van der Waals surface area (Å²) in [6, 6.07) is 0. The highest BCUT2D eigenvalue weighted by Crippen LogP contribution is 2.22. The van der Waals surface area contributed by atoms with Crippen LogP contribution in [0.25, 0.3) is 0 Å². The first-order valence-electron chi connectivity index (χ1n) is 13.6. The summed E-state index contributed by atoms with van der Waals surface area (Å²) in [5.74, 6) is 0. The first kappa shape index (κ1) is 29.6. The van der Waals surface area contributed by atoms with Gasteiger partial charge in [0.2, 0.25) is 0 Å². The van der Waals surface area contributed by atoms with Crippen LogP contribution in [0.1, 0.15) is 122 Å². The maximum atomic E-state index is 9.81. The molecule has 0 aromatic rings. The third-order valence-corrected chi connectivity index (χ3v) is 6.44. The molecule has 0 aromatic carbocycles. The summed E-state index contributed by atoms with van der Waals surface area (Å²) >= 11 is 0. The van der Waals surface area contributed by atoms with Gasteiger partial charge < -0.3 is 24.8 Å². The normalized spacial score (nSPS) is 23.5. The molecule has 0 bridgehead atoms. The van der Waals surface area contributed by atoms with E-state index in [0.29, 0.717) is 6.61 Å². The van der Waals surface area contributed by atoms with Crippen molar-refractivity contribution in [3.05, 3.63) is 12.2 Å². The molecule has 1 heterocycles. The quantitative estimate of drug-likeness (QED) is 0.137. The monoisotopic (exact) mass is 456 g/mol. The Labute approximate surface area is 197 Å². The van der Waals surface area contributed by atoms with E-state index >= 15 is 0 Å². The molecule has 0 aromatic heterocycles. The van der Waals surface area contributed by atoms with Crippen LogP contribution in [0.15, 0.2) is 12.2 Å². The fourth-order valence-corrected chi connectivity index (χ4v) is 4.26. The van der Waals surface area contributed by atoms with Crippen LogP contribution >= 0.6 is 0 Å². The predicted octanol–water partition coefficient (Wildman–Crippen LogP) is 6.04. The number of hydrogen-bond acceptors (Lipinski definition) is 5. The van der Waals surface area contributed by atoms with E-state index in [2.05, 4.69) is 19.1 Å². The number of allylic oxidation sites excluding steroid dienone is 2. The molecule has 0 saturated carbocycles. The largest absolute Gasteiger partial charge is 0.394 e. The van der Waals surface area contributed by atoms with Crippen LogP contribution < -0.4 is 0 Å². The lowest BCUT2D eigenvalue weighted by molar-refractivity contribution is -0.169. The molecule has 0 amide bonds. The number of rotatable bonds is 22. The zero-order chi connectivity index (χ0) is 23.3. The molecule has 1 unspecified atom stereocenters. The molecule has 1 saturated heterocycles. The Morgan fingerprint density at radius 3 is 1.59 bits per heavy atom. The van der Waals surface area contributed by atoms with Crippen LogP contribution in [0.5, 0.6) is 0 Å². The molecule has 5 heteroatoms. The van der Waals surface area contributed by atoms with Gasteiger partial charge >= 0.3 is 0 Å². The first-order valence-corrected chi connectivity index (χ1v) is 13.6. The Bertz CT molecular complexity index is 428. The molecule has 0 aliphatic carbocycles. The maximum absolute atomic E-state index is 9.81. The van der Waals surface area contributed by atoms with Gasteiger partial charge in [-0.2, -0.15) is 0 Å². The molecule has 4 atom stereocenters. The van der Waals surface area contributed by atoms with Crippen molar-refractivity contribution in [1.29, 1.82) is 0 Å². The van der Waals surface area contributed by atoms with Gasteiger partial charge in [0, 0.05) is 6.61 Å². The molecule has 1 fully saturated rings. The Balaban J connectivity index is 1.75. The summed E-state index contributed by atoms with van der Waals surface area (Å²) in [7, 11) is 0. The van der Waals surface area contributed by atoms with Gasteiger partial charge in [-0.25, -0.2) is 0 Å². The lowest BCUT2D eigenvalue weighted by atomic mass is 10.1. The average Bonchev–Trinajstić information content (AvgIpc) is 3.08. The summed E-state index contributed by atoms with van der Waals surface area (Å²) < 4.78 is 10.8. The van der Waals surface area contributed by atoms with Crippen molar-refractivity contribution in [3.8, 4) is 0 Å². The molecule has 3 N–H and O–H groups in total. The molecule has 0 spiro atoms. The molecule has 5 nitrogen and oxygen atoms in total. The molecular formula is C27H52O5. The Kier molecular flexibility index (Phi) is 19.5. The SMILES string of the molecule is CCCCCCCCC=CCCCCCCCCCCCCOC1O[C@H](CO)[C@H](O)[C@H]1O. The van der Waals surface area contributed by atoms with Crippen molar-refractivity contribution in [1.82, 2.24) is 0 Å².